The molecule has 25 heteroatoms. The molecule has 0 saturated carbocycles. The van der Waals surface area contributed by atoms with Gasteiger partial charge in [0.25, 0.3) is 5.91 Å². The number of aliphatic hydroxyl groups excluding tert-OH is 6. The molecule has 2 aromatic carbocycles. The van der Waals surface area contributed by atoms with Crippen LogP contribution in [-0.4, -0.2) is 198 Å². The molecule has 57 heavy (non-hydrogen) atoms. The number of aromatic carboxylic acids is 1. The Morgan fingerprint density at radius 2 is 0.825 bits per heavy atom. The van der Waals surface area contributed by atoms with E-state index in [2.05, 4.69) is 5.32 Å². The third-order valence-electron chi connectivity index (χ3n) is 6.43. The van der Waals surface area contributed by atoms with Gasteiger partial charge in [-0.25, -0.2) is 4.79 Å². The normalized spacial score (nSPS) is 9.32. The first-order valence-corrected chi connectivity index (χ1v) is 20.3. The van der Waals surface area contributed by atoms with Crippen molar-refractivity contribution in [2.75, 3.05) is 98.4 Å². The number of aliphatic hydroxyl groups is 6. The van der Waals surface area contributed by atoms with Crippen LogP contribution in [0.3, 0.4) is 0 Å². The number of carbonyl (C=O) groups excluding carboxylic acids is 1. The van der Waals surface area contributed by atoms with E-state index in [1.807, 2.05) is 0 Å². The molecule has 2 aromatic rings. The molecule has 0 aliphatic heterocycles. The summed E-state index contributed by atoms with van der Waals surface area (Å²) in [6, 6.07) is 12.8. The molecule has 0 saturated heterocycles. The first kappa shape index (κ1) is 68.9. The number of nitrogens with two attached hydrogens (primary N) is 1. The summed E-state index contributed by atoms with van der Waals surface area (Å²) in [5.41, 5.74) is 6.55. The van der Waals surface area contributed by atoms with E-state index >= 15 is 0 Å². The van der Waals surface area contributed by atoms with E-state index in [0.29, 0.717) is 36.6 Å². The fraction of sp³-hybridized carbons (Fsp3) is 0.562. The topological polar surface area (TPSA) is 350 Å². The van der Waals surface area contributed by atoms with Gasteiger partial charge in [-0.1, -0.05) is 24.3 Å². The van der Waals surface area contributed by atoms with Crippen LogP contribution >= 0.6 is 0 Å². The van der Waals surface area contributed by atoms with Crippen LogP contribution < -0.4 is 22.0 Å². The van der Waals surface area contributed by atoms with Crippen molar-refractivity contribution in [3.8, 4) is 0 Å². The number of carboxylic acids is 1. The van der Waals surface area contributed by atoms with Gasteiger partial charge < -0.3 is 93.4 Å². The fourth-order valence-electron chi connectivity index (χ4n) is 3.64. The molecule has 2 rings (SSSR count). The predicted octanol–water partition coefficient (Wildman–Crippen LogP) is -3.71. The van der Waals surface area contributed by atoms with Crippen LogP contribution in [0.2, 0.25) is 12.1 Å². The Morgan fingerprint density at radius 1 is 0.544 bits per heavy atom. The van der Waals surface area contributed by atoms with Crippen molar-refractivity contribution in [3.05, 3.63) is 59.7 Å². The molecule has 336 valence electrons. The first-order valence-electron chi connectivity index (χ1n) is 16.5. The Hall–Kier alpha value is -2.74. The van der Waals surface area contributed by atoms with Crippen molar-refractivity contribution in [1.82, 2.24) is 5.32 Å². The van der Waals surface area contributed by atoms with Crippen molar-refractivity contribution in [2.45, 2.75) is 24.9 Å². The highest BCUT2D eigenvalue weighted by Gasteiger charge is 2.37. The third-order valence-corrected chi connectivity index (χ3v) is 12.1. The van der Waals surface area contributed by atoms with E-state index in [9.17, 15) is 9.59 Å². The van der Waals surface area contributed by atoms with Crippen LogP contribution in [0.5, 0.6) is 0 Å². The zero-order valence-corrected chi connectivity index (χ0v) is 37.3. The van der Waals surface area contributed by atoms with Crippen LogP contribution in [0.15, 0.2) is 48.5 Å². The maximum absolute atomic E-state index is 11.9. The summed E-state index contributed by atoms with van der Waals surface area (Å²) in [7, 11) is 7.48. The summed E-state index contributed by atoms with van der Waals surface area (Å²) >= 11 is 0. The standard InChI is InChI=1S/C13H22BNO6Si.C7H7BO4.C6H17NO3Si.6CH4O/c1-19-22(20-2,21-3)10-4-9-15-13(16)11-5-7-12(8-6-11)14(17)18;9-7(10)5-1-3-6(4-2-5)8(11)12;1-8-11(9-2,10-3)6-4-5-7;6*1-2/h5-8,17-18H,4,9-10H2,1-3H3,(H,15,16);1-4,11-12H,(H,9,10);4-7H2,1-3H3;6*2H,1H3. The highest BCUT2D eigenvalue weighted by Crippen LogP contribution is 2.15. The number of amides is 1. The van der Waals surface area contributed by atoms with E-state index in [1.54, 1.807) is 54.8 Å². The van der Waals surface area contributed by atoms with Gasteiger partial charge in [0.2, 0.25) is 0 Å². The number of nitrogens with one attached hydrogen (secondary N) is 1. The van der Waals surface area contributed by atoms with Crippen molar-refractivity contribution in [2.24, 2.45) is 5.73 Å². The molecule has 0 atom stereocenters. The fourth-order valence-corrected chi connectivity index (χ4v) is 7.12. The van der Waals surface area contributed by atoms with E-state index in [-0.39, 0.29) is 16.9 Å². The van der Waals surface area contributed by atoms with Crippen molar-refractivity contribution >= 4 is 54.6 Å². The zero-order chi connectivity index (χ0) is 46.5. The molecule has 21 nitrogen and oxygen atoms in total. The second kappa shape index (κ2) is 49.4. The number of rotatable bonds is 17. The predicted molar refractivity (Wildman–Crippen MR) is 222 cm³/mol. The van der Waals surface area contributed by atoms with E-state index in [1.165, 1.54) is 36.4 Å². The van der Waals surface area contributed by atoms with Crippen molar-refractivity contribution in [1.29, 1.82) is 0 Å². The van der Waals surface area contributed by atoms with Crippen LogP contribution in [0, 0.1) is 0 Å². The third kappa shape index (κ3) is 33.9. The zero-order valence-electron chi connectivity index (χ0n) is 35.3. The lowest BCUT2D eigenvalue weighted by molar-refractivity contribution is 0.0696. The van der Waals surface area contributed by atoms with Crippen molar-refractivity contribution in [3.63, 3.8) is 0 Å². The largest absolute Gasteiger partial charge is 0.500 e. The number of hydrogen-bond acceptors (Lipinski definition) is 19. The highest BCUT2D eigenvalue weighted by atomic mass is 28.4. The van der Waals surface area contributed by atoms with E-state index in [0.717, 1.165) is 55.1 Å². The summed E-state index contributed by atoms with van der Waals surface area (Å²) in [4.78, 5) is 22.3. The number of carboxylic acid groups (broad SMARTS) is 1. The van der Waals surface area contributed by atoms with Crippen LogP contribution in [0.4, 0.5) is 0 Å². The number of carbonyl (C=O) groups is 2. The minimum atomic E-state index is -2.60. The lowest BCUT2D eigenvalue weighted by Gasteiger charge is -2.24. The van der Waals surface area contributed by atoms with Gasteiger partial charge in [-0.05, 0) is 54.6 Å². The summed E-state index contributed by atoms with van der Waals surface area (Å²) in [5.74, 6) is -1.26. The molecule has 0 aromatic heterocycles. The minimum absolute atomic E-state index is 0.124. The maximum Gasteiger partial charge on any atom is 0.500 e. The number of benzene rings is 2. The molecule has 0 aliphatic rings. The molecule has 1 amide bonds. The molecular formula is C32H70B2N2O19Si2. The summed E-state index contributed by atoms with van der Waals surface area (Å²) in [5, 5.41) is 88.6. The smallest absolute Gasteiger partial charge is 0.478 e. The van der Waals surface area contributed by atoms with Gasteiger partial charge in [0.15, 0.2) is 0 Å². The average molecular weight is 865 g/mol. The van der Waals surface area contributed by atoms with Crippen LogP contribution in [0.25, 0.3) is 0 Å². The maximum atomic E-state index is 11.9. The van der Waals surface area contributed by atoms with Gasteiger partial charge in [-0.15, -0.1) is 0 Å². The Morgan fingerprint density at radius 3 is 1.07 bits per heavy atom. The molecule has 0 aliphatic carbocycles. The second-order valence-electron chi connectivity index (χ2n) is 9.14. The summed E-state index contributed by atoms with van der Waals surface area (Å²) in [6.07, 6.45) is 1.54. The Kier molecular flexibility index (Phi) is 59.7. The molecule has 0 spiro atoms. The van der Waals surface area contributed by atoms with Crippen LogP contribution in [0.1, 0.15) is 33.6 Å². The van der Waals surface area contributed by atoms with E-state index in [4.69, 9.17) is 88.1 Å². The Bertz CT molecular complexity index is 1090. The van der Waals surface area contributed by atoms with Gasteiger partial charge in [0, 0.05) is 110 Å². The molecule has 0 radical (unpaired) electrons. The Balaban J connectivity index is -0.000000122. The second-order valence-corrected chi connectivity index (χ2v) is 15.3. The SMILES string of the molecule is CO.CO.CO.CO.CO.CO.CO[Si](CCCN)(OC)OC.CO[Si](CCCNC(=O)c1ccc(B(O)O)cc1)(OC)OC.O=C(O)c1ccc(B(O)O)cc1. The lowest BCUT2D eigenvalue weighted by atomic mass is 9.80. The molecule has 0 fully saturated rings. The number of hydrogen-bond donors (Lipinski definition) is 13. The minimum Gasteiger partial charge on any atom is -0.478 e. The average Bonchev–Trinajstić information content (AvgIpc) is 3.29. The van der Waals surface area contributed by atoms with Gasteiger partial charge in [0.1, 0.15) is 0 Å². The highest BCUT2D eigenvalue weighted by molar-refractivity contribution is 6.61. The monoisotopic (exact) mass is 864 g/mol. The summed E-state index contributed by atoms with van der Waals surface area (Å²) < 4.78 is 31.4. The van der Waals surface area contributed by atoms with Crippen LogP contribution in [-0.2, 0) is 26.6 Å². The molecule has 0 bridgehead atoms. The molecule has 14 N–H and O–H groups in total. The first-order chi connectivity index (χ1) is 27.3. The quantitative estimate of drug-likeness (QED) is 0.0537. The van der Waals surface area contributed by atoms with E-state index < -0.39 is 37.8 Å². The van der Waals surface area contributed by atoms with Crippen molar-refractivity contribution < 1.29 is 92.0 Å². The lowest BCUT2D eigenvalue weighted by Crippen LogP contribution is -2.43. The van der Waals surface area contributed by atoms with Gasteiger partial charge >= 0.3 is 37.8 Å². The Labute approximate surface area is 340 Å². The van der Waals surface area contributed by atoms with Gasteiger partial charge in [-0.2, -0.15) is 0 Å². The molecule has 0 unspecified atom stereocenters. The summed E-state index contributed by atoms with van der Waals surface area (Å²) in [6.45, 7) is 1.11. The molecule has 0 heterocycles. The van der Waals surface area contributed by atoms with Gasteiger partial charge in [-0.3, -0.25) is 4.79 Å². The van der Waals surface area contributed by atoms with Gasteiger partial charge in [0.05, 0.1) is 5.56 Å². The molecular weight excluding hydrogens is 794 g/mol.